The van der Waals surface area contributed by atoms with Crippen molar-refractivity contribution < 1.29 is 28.3 Å². The lowest BCUT2D eigenvalue weighted by Crippen LogP contribution is -2.58. The Hall–Kier alpha value is -4.57. The van der Waals surface area contributed by atoms with E-state index in [0.717, 1.165) is 23.3 Å². The van der Waals surface area contributed by atoms with Gasteiger partial charge < -0.3 is 20.1 Å². The summed E-state index contributed by atoms with van der Waals surface area (Å²) in [5.41, 5.74) is 2.53. The average Bonchev–Trinajstić information content (AvgIpc) is 3.03. The zero-order chi connectivity index (χ0) is 34.2. The van der Waals surface area contributed by atoms with Gasteiger partial charge in [-0.2, -0.15) is 0 Å². The smallest absolute Gasteiger partial charge is 0.332 e. The third-order valence-electron chi connectivity index (χ3n) is 7.03. The van der Waals surface area contributed by atoms with Crippen LogP contribution in [-0.4, -0.2) is 63.9 Å². The molecule has 3 aromatic rings. The highest BCUT2D eigenvalue weighted by molar-refractivity contribution is 5.79. The first-order chi connectivity index (χ1) is 22.0. The molecule has 2 atom stereocenters. The molecule has 46 heavy (non-hydrogen) atoms. The van der Waals surface area contributed by atoms with E-state index in [0.29, 0.717) is 18.3 Å². The molecular formula is C36H46F2N4O4. The number of hydrogen-bond donors (Lipinski definition) is 2. The van der Waals surface area contributed by atoms with Crippen LogP contribution in [-0.2, 0) is 29.1 Å². The number of carbonyl (C=O) groups excluding carboxylic acids is 3. The van der Waals surface area contributed by atoms with Gasteiger partial charge in [0.1, 0.15) is 23.7 Å². The molecule has 0 aliphatic heterocycles. The molecule has 0 aromatic heterocycles. The Morgan fingerprint density at radius 1 is 0.978 bits per heavy atom. The predicted octanol–water partition coefficient (Wildman–Crippen LogP) is 6.50. The number of benzene rings is 3. The monoisotopic (exact) mass is 636 g/mol. The molecule has 0 aliphatic carbocycles. The summed E-state index contributed by atoms with van der Waals surface area (Å²) in [6.07, 6.45) is 1.04. The van der Waals surface area contributed by atoms with Gasteiger partial charge in [-0.15, -0.1) is 0 Å². The van der Waals surface area contributed by atoms with Crippen LogP contribution in [0.1, 0.15) is 51.3 Å². The maximum Gasteiger partial charge on any atom is 0.332 e. The fourth-order valence-electron chi connectivity index (χ4n) is 4.96. The van der Waals surface area contributed by atoms with E-state index >= 15 is 0 Å². The van der Waals surface area contributed by atoms with Crippen LogP contribution in [0.15, 0.2) is 84.9 Å². The van der Waals surface area contributed by atoms with Gasteiger partial charge >= 0.3 is 6.03 Å². The minimum absolute atomic E-state index is 0.0140. The molecule has 3 amide bonds. The van der Waals surface area contributed by atoms with Crippen molar-refractivity contribution in [3.8, 4) is 5.75 Å². The van der Waals surface area contributed by atoms with Crippen molar-refractivity contribution in [1.82, 2.24) is 20.2 Å². The molecule has 0 bridgehead atoms. The van der Waals surface area contributed by atoms with Crippen molar-refractivity contribution in [2.24, 2.45) is 5.92 Å². The second-order valence-corrected chi connectivity index (χ2v) is 11.0. The van der Waals surface area contributed by atoms with E-state index in [4.69, 9.17) is 0 Å². The standard InChI is InChI=1S/C34H40F2N4O4.C2H6/c1-24(2)21-39(16-17-41)40(34(44)37-20-28-8-6-5-7-9-28)26(4)22-38(23-29-12-13-30(35)19-32(29)36)33(43)25(3)18-27-10-14-31(42)15-11-27;1-2/h5-15,17,19,25-26,42H,1,16,18,20-23H2,2-4H3,(H,37,44);1-2H3/t25-,26?;/m0./s1. The Morgan fingerprint density at radius 2 is 1.63 bits per heavy atom. The number of aromatic hydroxyl groups is 1. The van der Waals surface area contributed by atoms with Gasteiger partial charge in [0.05, 0.1) is 12.6 Å². The predicted molar refractivity (Wildman–Crippen MR) is 177 cm³/mol. The van der Waals surface area contributed by atoms with Gasteiger partial charge in [0, 0.05) is 43.7 Å². The van der Waals surface area contributed by atoms with E-state index in [1.54, 1.807) is 37.9 Å². The summed E-state index contributed by atoms with van der Waals surface area (Å²) in [7, 11) is 0. The first-order valence-electron chi connectivity index (χ1n) is 15.4. The van der Waals surface area contributed by atoms with Gasteiger partial charge in [-0.25, -0.2) is 18.6 Å². The van der Waals surface area contributed by atoms with Crippen LogP contribution in [0.5, 0.6) is 5.75 Å². The Morgan fingerprint density at radius 3 is 2.22 bits per heavy atom. The average molecular weight is 637 g/mol. The lowest BCUT2D eigenvalue weighted by Gasteiger charge is -2.40. The Balaban J connectivity index is 0.00000361. The molecule has 3 rings (SSSR count). The van der Waals surface area contributed by atoms with Crippen LogP contribution in [0.2, 0.25) is 0 Å². The lowest BCUT2D eigenvalue weighted by molar-refractivity contribution is -0.137. The van der Waals surface area contributed by atoms with Gasteiger partial charge in [0.25, 0.3) is 0 Å². The Kier molecular flexibility index (Phi) is 15.6. The van der Waals surface area contributed by atoms with Gasteiger partial charge in [0.2, 0.25) is 5.91 Å². The van der Waals surface area contributed by atoms with Gasteiger partial charge in [0.15, 0.2) is 0 Å². The lowest BCUT2D eigenvalue weighted by atomic mass is 9.99. The Labute approximate surface area is 271 Å². The number of nitrogens with zero attached hydrogens (tertiary/aromatic N) is 3. The van der Waals surface area contributed by atoms with E-state index in [-0.39, 0.29) is 49.9 Å². The molecule has 10 heteroatoms. The summed E-state index contributed by atoms with van der Waals surface area (Å²) in [6, 6.07) is 17.9. The van der Waals surface area contributed by atoms with Crippen molar-refractivity contribution in [3.05, 3.63) is 113 Å². The summed E-state index contributed by atoms with van der Waals surface area (Å²) in [6.45, 7) is 13.4. The molecule has 2 N–H and O–H groups in total. The van der Waals surface area contributed by atoms with Crippen LogP contribution < -0.4 is 5.32 Å². The number of nitrogens with one attached hydrogen (secondary N) is 1. The highest BCUT2D eigenvalue weighted by Crippen LogP contribution is 2.20. The topological polar surface area (TPSA) is 93.2 Å². The van der Waals surface area contributed by atoms with Crippen LogP contribution in [0, 0.1) is 17.6 Å². The van der Waals surface area contributed by atoms with Crippen LogP contribution in [0.25, 0.3) is 0 Å². The molecule has 0 radical (unpaired) electrons. The minimum Gasteiger partial charge on any atom is -0.508 e. The molecule has 0 saturated carbocycles. The third kappa shape index (κ3) is 11.7. The maximum atomic E-state index is 14.8. The van der Waals surface area contributed by atoms with E-state index in [9.17, 15) is 28.3 Å². The fourth-order valence-corrected chi connectivity index (χ4v) is 4.96. The summed E-state index contributed by atoms with van der Waals surface area (Å²) < 4.78 is 28.5. The SMILES string of the molecule is C=C(C)CN(CC=O)N(C(=O)NCc1ccccc1)C(C)CN(Cc1ccc(F)cc1F)C(=O)[C@@H](C)Cc1ccc(O)cc1.CC. The van der Waals surface area contributed by atoms with Gasteiger partial charge in [-0.3, -0.25) is 9.80 Å². The largest absolute Gasteiger partial charge is 0.508 e. The normalized spacial score (nSPS) is 11.9. The minimum atomic E-state index is -0.788. The second-order valence-electron chi connectivity index (χ2n) is 11.0. The highest BCUT2D eigenvalue weighted by Gasteiger charge is 2.31. The molecule has 3 aromatic carbocycles. The molecule has 0 fully saturated rings. The summed E-state index contributed by atoms with van der Waals surface area (Å²) in [5.74, 6) is -2.26. The van der Waals surface area contributed by atoms with Crippen LogP contribution >= 0.6 is 0 Å². The van der Waals surface area contributed by atoms with Crippen molar-refractivity contribution in [2.45, 2.75) is 60.2 Å². The number of phenolic OH excluding ortho intramolecular Hbond substituents is 1. The Bertz CT molecular complexity index is 1420. The second kappa shape index (κ2) is 19.1. The van der Waals surface area contributed by atoms with E-state index in [1.165, 1.54) is 28.1 Å². The zero-order valence-corrected chi connectivity index (χ0v) is 27.4. The van der Waals surface area contributed by atoms with Crippen molar-refractivity contribution >= 4 is 18.2 Å². The number of hydrazine groups is 1. The number of urea groups is 1. The maximum absolute atomic E-state index is 14.8. The molecule has 248 valence electrons. The van der Waals surface area contributed by atoms with Crippen LogP contribution in [0.4, 0.5) is 13.6 Å². The van der Waals surface area contributed by atoms with Crippen molar-refractivity contribution in [3.63, 3.8) is 0 Å². The van der Waals surface area contributed by atoms with Crippen LogP contribution in [0.3, 0.4) is 0 Å². The number of rotatable bonds is 15. The van der Waals surface area contributed by atoms with E-state index < -0.39 is 29.6 Å². The first kappa shape index (κ1) is 37.6. The number of hydrogen-bond acceptors (Lipinski definition) is 5. The molecular weight excluding hydrogens is 590 g/mol. The molecule has 0 aliphatic rings. The van der Waals surface area contributed by atoms with Crippen molar-refractivity contribution in [1.29, 1.82) is 0 Å². The quantitative estimate of drug-likeness (QED) is 0.113. The summed E-state index contributed by atoms with van der Waals surface area (Å²) in [4.78, 5) is 40.7. The fraction of sp³-hybridized carbons (Fsp3) is 0.361. The first-order valence-corrected chi connectivity index (χ1v) is 15.4. The molecule has 8 nitrogen and oxygen atoms in total. The van der Waals surface area contributed by atoms with Gasteiger partial charge in [-0.05, 0) is 49.6 Å². The molecule has 0 spiro atoms. The number of phenols is 1. The summed E-state index contributed by atoms with van der Waals surface area (Å²) >= 11 is 0. The van der Waals surface area contributed by atoms with Gasteiger partial charge in [-0.1, -0.05) is 81.5 Å². The highest BCUT2D eigenvalue weighted by atomic mass is 19.1. The molecule has 0 heterocycles. The number of halogens is 2. The molecule has 1 unspecified atom stereocenters. The summed E-state index contributed by atoms with van der Waals surface area (Å²) in [5, 5.41) is 15.5. The van der Waals surface area contributed by atoms with E-state index in [1.807, 2.05) is 44.2 Å². The number of carbonyl (C=O) groups is 3. The number of amides is 3. The van der Waals surface area contributed by atoms with Crippen molar-refractivity contribution in [2.75, 3.05) is 19.6 Å². The third-order valence-corrected chi connectivity index (χ3v) is 7.03. The zero-order valence-electron chi connectivity index (χ0n) is 27.4. The number of aldehydes is 1. The molecule has 0 saturated heterocycles. The van der Waals surface area contributed by atoms with E-state index in [2.05, 4.69) is 11.9 Å².